The summed E-state index contributed by atoms with van der Waals surface area (Å²) in [6.07, 6.45) is 0. The van der Waals surface area contributed by atoms with Crippen LogP contribution >= 0.6 is 0 Å². The molecule has 3 rings (SSSR count). The van der Waals surface area contributed by atoms with Crippen LogP contribution in [0, 0.1) is 10.1 Å². The van der Waals surface area contributed by atoms with Crippen LogP contribution in [0.5, 0.6) is 5.75 Å². The van der Waals surface area contributed by atoms with E-state index in [2.05, 4.69) is 10.5 Å². The number of anilines is 1. The number of ether oxygens (including phenoxy) is 1. The largest absolute Gasteiger partial charge is 0.490 e. The fourth-order valence-electron chi connectivity index (χ4n) is 2.50. The van der Waals surface area contributed by atoms with E-state index in [9.17, 15) is 10.1 Å². The third-order valence-corrected chi connectivity index (χ3v) is 3.77. The van der Waals surface area contributed by atoms with Gasteiger partial charge in [-0.15, -0.1) is 0 Å². The standard InChI is InChI=1S/C20H17N3O3/c1-26-19-13-12-16(14-18(19)23(24)25)20(15-8-4-2-5-9-15)22-21-17-10-6-3-7-11-17/h2-14,21H,1H3/b22-20+. The third-order valence-electron chi connectivity index (χ3n) is 3.77. The van der Waals surface area contributed by atoms with E-state index in [0.29, 0.717) is 11.3 Å². The number of rotatable bonds is 6. The van der Waals surface area contributed by atoms with Crippen molar-refractivity contribution in [2.45, 2.75) is 0 Å². The molecule has 0 spiro atoms. The van der Waals surface area contributed by atoms with Gasteiger partial charge in [-0.05, 0) is 24.3 Å². The van der Waals surface area contributed by atoms with Crippen molar-refractivity contribution in [3.63, 3.8) is 0 Å². The minimum atomic E-state index is -0.463. The van der Waals surface area contributed by atoms with Crippen LogP contribution in [-0.4, -0.2) is 17.7 Å². The van der Waals surface area contributed by atoms with Crippen LogP contribution in [0.2, 0.25) is 0 Å². The summed E-state index contributed by atoms with van der Waals surface area (Å²) in [4.78, 5) is 10.9. The summed E-state index contributed by atoms with van der Waals surface area (Å²) in [6, 6.07) is 23.8. The Morgan fingerprint density at radius 1 is 0.962 bits per heavy atom. The first-order chi connectivity index (χ1) is 12.7. The van der Waals surface area contributed by atoms with Crippen LogP contribution in [0.3, 0.4) is 0 Å². The average Bonchev–Trinajstić information content (AvgIpc) is 2.69. The van der Waals surface area contributed by atoms with Gasteiger partial charge in [0.15, 0.2) is 5.75 Å². The summed E-state index contributed by atoms with van der Waals surface area (Å²) in [5.74, 6) is 0.210. The molecule has 0 aliphatic heterocycles. The van der Waals surface area contributed by atoms with E-state index in [-0.39, 0.29) is 11.4 Å². The van der Waals surface area contributed by atoms with Crippen molar-refractivity contribution in [3.05, 3.63) is 100 Å². The Bertz CT molecular complexity index is 926. The maximum atomic E-state index is 11.3. The molecule has 0 aliphatic rings. The molecule has 3 aromatic carbocycles. The van der Waals surface area contributed by atoms with Gasteiger partial charge >= 0.3 is 5.69 Å². The van der Waals surface area contributed by atoms with Crippen molar-refractivity contribution >= 4 is 17.1 Å². The second-order valence-electron chi connectivity index (χ2n) is 5.45. The second-order valence-corrected chi connectivity index (χ2v) is 5.45. The molecule has 6 heteroatoms. The molecule has 6 nitrogen and oxygen atoms in total. The molecule has 0 aromatic heterocycles. The zero-order chi connectivity index (χ0) is 18.4. The van der Waals surface area contributed by atoms with E-state index in [0.717, 1.165) is 11.3 Å². The number of nitrogens with zero attached hydrogens (tertiary/aromatic N) is 2. The summed E-state index contributed by atoms with van der Waals surface area (Å²) in [7, 11) is 1.41. The van der Waals surface area contributed by atoms with Crippen LogP contribution in [-0.2, 0) is 0 Å². The van der Waals surface area contributed by atoms with Crippen LogP contribution in [0.25, 0.3) is 0 Å². The molecule has 0 radical (unpaired) electrons. The van der Waals surface area contributed by atoms with Crippen molar-refractivity contribution in [2.24, 2.45) is 5.10 Å². The van der Waals surface area contributed by atoms with Crippen molar-refractivity contribution in [3.8, 4) is 5.75 Å². The lowest BCUT2D eigenvalue weighted by atomic mass is 10.0. The molecule has 0 unspecified atom stereocenters. The minimum Gasteiger partial charge on any atom is -0.490 e. The summed E-state index contributed by atoms with van der Waals surface area (Å²) in [5, 5.41) is 15.8. The van der Waals surface area contributed by atoms with E-state index in [4.69, 9.17) is 4.74 Å². The van der Waals surface area contributed by atoms with Gasteiger partial charge in [0.1, 0.15) is 0 Å². The van der Waals surface area contributed by atoms with Crippen molar-refractivity contribution in [1.82, 2.24) is 0 Å². The number of nitrogens with one attached hydrogen (secondary N) is 1. The molecule has 0 heterocycles. The molecule has 0 saturated carbocycles. The van der Waals surface area contributed by atoms with Crippen LogP contribution in [0.4, 0.5) is 11.4 Å². The highest BCUT2D eigenvalue weighted by molar-refractivity contribution is 6.13. The molecule has 0 saturated heterocycles. The topological polar surface area (TPSA) is 76.8 Å². The van der Waals surface area contributed by atoms with Crippen LogP contribution in [0.15, 0.2) is 84.0 Å². The van der Waals surface area contributed by atoms with E-state index in [1.54, 1.807) is 12.1 Å². The number of benzene rings is 3. The van der Waals surface area contributed by atoms with Gasteiger partial charge in [-0.1, -0.05) is 48.5 Å². The van der Waals surface area contributed by atoms with Gasteiger partial charge in [-0.3, -0.25) is 15.5 Å². The number of nitro benzene ring substituents is 1. The average molecular weight is 347 g/mol. The zero-order valence-corrected chi connectivity index (χ0v) is 14.1. The molecular weight excluding hydrogens is 330 g/mol. The number of nitro groups is 1. The Kier molecular flexibility index (Phi) is 5.24. The first kappa shape index (κ1) is 17.2. The molecule has 0 atom stereocenters. The zero-order valence-electron chi connectivity index (χ0n) is 14.1. The number of hydrazone groups is 1. The Morgan fingerprint density at radius 3 is 2.23 bits per heavy atom. The monoisotopic (exact) mass is 347 g/mol. The van der Waals surface area contributed by atoms with Gasteiger partial charge in [-0.2, -0.15) is 5.10 Å². The first-order valence-electron chi connectivity index (χ1n) is 7.96. The Hall–Kier alpha value is -3.67. The Morgan fingerprint density at radius 2 is 1.62 bits per heavy atom. The quantitative estimate of drug-likeness (QED) is 0.405. The van der Waals surface area contributed by atoms with Gasteiger partial charge in [0, 0.05) is 17.2 Å². The number of hydrogen-bond acceptors (Lipinski definition) is 5. The molecule has 0 bridgehead atoms. The summed E-state index contributed by atoms with van der Waals surface area (Å²) in [6.45, 7) is 0. The highest BCUT2D eigenvalue weighted by Gasteiger charge is 2.18. The number of para-hydroxylation sites is 1. The van der Waals surface area contributed by atoms with Gasteiger partial charge in [0.25, 0.3) is 0 Å². The van der Waals surface area contributed by atoms with Crippen molar-refractivity contribution < 1.29 is 9.66 Å². The lowest BCUT2D eigenvalue weighted by Gasteiger charge is -2.10. The van der Waals surface area contributed by atoms with E-state index in [1.165, 1.54) is 13.2 Å². The summed E-state index contributed by atoms with van der Waals surface area (Å²) < 4.78 is 5.08. The second kappa shape index (κ2) is 7.94. The molecule has 26 heavy (non-hydrogen) atoms. The minimum absolute atomic E-state index is 0.103. The molecule has 0 amide bonds. The lowest BCUT2D eigenvalue weighted by molar-refractivity contribution is -0.385. The highest BCUT2D eigenvalue weighted by atomic mass is 16.6. The molecule has 130 valence electrons. The Labute approximate surface area is 150 Å². The smallest absolute Gasteiger partial charge is 0.311 e. The first-order valence-corrected chi connectivity index (χ1v) is 7.96. The predicted molar refractivity (Wildman–Crippen MR) is 102 cm³/mol. The third kappa shape index (κ3) is 3.87. The summed E-state index contributed by atoms with van der Waals surface area (Å²) >= 11 is 0. The maximum absolute atomic E-state index is 11.3. The van der Waals surface area contributed by atoms with E-state index in [1.807, 2.05) is 60.7 Å². The van der Waals surface area contributed by atoms with Gasteiger partial charge < -0.3 is 4.74 Å². The molecule has 0 fully saturated rings. The maximum Gasteiger partial charge on any atom is 0.311 e. The summed E-state index contributed by atoms with van der Waals surface area (Å²) in [5.41, 5.74) is 5.78. The van der Waals surface area contributed by atoms with E-state index < -0.39 is 4.92 Å². The van der Waals surface area contributed by atoms with Crippen molar-refractivity contribution in [1.29, 1.82) is 0 Å². The van der Waals surface area contributed by atoms with Gasteiger partial charge in [0.05, 0.1) is 23.4 Å². The fourth-order valence-corrected chi connectivity index (χ4v) is 2.50. The molecule has 0 aliphatic carbocycles. The van der Waals surface area contributed by atoms with Crippen LogP contribution < -0.4 is 10.2 Å². The SMILES string of the molecule is COc1ccc(/C(=N/Nc2ccccc2)c2ccccc2)cc1[N+](=O)[O-]. The molecular formula is C20H17N3O3. The highest BCUT2D eigenvalue weighted by Crippen LogP contribution is 2.28. The number of methoxy groups -OCH3 is 1. The lowest BCUT2D eigenvalue weighted by Crippen LogP contribution is -2.07. The van der Waals surface area contributed by atoms with Gasteiger partial charge in [0.2, 0.25) is 0 Å². The predicted octanol–water partition coefficient (Wildman–Crippen LogP) is 4.47. The van der Waals surface area contributed by atoms with Crippen molar-refractivity contribution in [2.75, 3.05) is 12.5 Å². The Balaban J connectivity index is 2.06. The normalized spacial score (nSPS) is 11.0. The van der Waals surface area contributed by atoms with E-state index >= 15 is 0 Å². The molecule has 1 N–H and O–H groups in total. The molecule has 3 aromatic rings. The number of hydrogen-bond donors (Lipinski definition) is 1. The fraction of sp³-hybridized carbons (Fsp3) is 0.0500. The van der Waals surface area contributed by atoms with Crippen LogP contribution in [0.1, 0.15) is 11.1 Å². The van der Waals surface area contributed by atoms with Gasteiger partial charge in [-0.25, -0.2) is 0 Å².